The van der Waals surface area contributed by atoms with E-state index < -0.39 is 11.5 Å². The summed E-state index contributed by atoms with van der Waals surface area (Å²) in [5.74, 6) is -0.686. The van der Waals surface area contributed by atoms with Crippen LogP contribution in [0.2, 0.25) is 0 Å². The molecule has 0 aliphatic rings. The lowest BCUT2D eigenvalue weighted by Crippen LogP contribution is -2.45. The molecule has 5 nitrogen and oxygen atoms in total. The lowest BCUT2D eigenvalue weighted by Gasteiger charge is -2.26. The van der Waals surface area contributed by atoms with Gasteiger partial charge < -0.3 is 15.2 Å². The van der Waals surface area contributed by atoms with Crippen molar-refractivity contribution in [3.63, 3.8) is 0 Å². The zero-order valence-corrected chi connectivity index (χ0v) is 19.2. The van der Waals surface area contributed by atoms with Gasteiger partial charge in [0, 0.05) is 5.92 Å². The number of amides is 1. The molecule has 0 saturated heterocycles. The van der Waals surface area contributed by atoms with Crippen LogP contribution in [0.4, 0.5) is 0 Å². The van der Waals surface area contributed by atoms with Gasteiger partial charge in [-0.3, -0.25) is 9.59 Å². The second kappa shape index (κ2) is 14.8. The minimum atomic E-state index is -0.554. The van der Waals surface area contributed by atoms with Crippen LogP contribution in [0.15, 0.2) is 0 Å². The zero-order chi connectivity index (χ0) is 21.6. The largest absolute Gasteiger partial charge is 0.460 e. The quantitative estimate of drug-likeness (QED) is 0.300. The van der Waals surface area contributed by atoms with E-state index in [2.05, 4.69) is 12.2 Å². The highest BCUT2D eigenvalue weighted by molar-refractivity contribution is 5.84. The number of unbranched alkanes of at least 4 members (excludes halogenated alkanes) is 6. The molecule has 0 aliphatic heterocycles. The summed E-state index contributed by atoms with van der Waals surface area (Å²) < 4.78 is 5.42. The minimum absolute atomic E-state index is 0.0860. The van der Waals surface area contributed by atoms with E-state index >= 15 is 0 Å². The van der Waals surface area contributed by atoms with Gasteiger partial charge in [0.2, 0.25) is 5.91 Å². The molecule has 0 unspecified atom stereocenters. The molecule has 28 heavy (non-hydrogen) atoms. The van der Waals surface area contributed by atoms with E-state index in [1.807, 2.05) is 34.6 Å². The van der Waals surface area contributed by atoms with Gasteiger partial charge in [-0.2, -0.15) is 0 Å². The summed E-state index contributed by atoms with van der Waals surface area (Å²) in [4.78, 5) is 25.1. The Morgan fingerprint density at radius 1 is 1.00 bits per heavy atom. The number of aliphatic hydroxyl groups is 1. The van der Waals surface area contributed by atoms with Gasteiger partial charge in [-0.1, -0.05) is 72.1 Å². The van der Waals surface area contributed by atoms with Crippen molar-refractivity contribution in [1.29, 1.82) is 0 Å². The van der Waals surface area contributed by atoms with Gasteiger partial charge in [0.25, 0.3) is 0 Å². The van der Waals surface area contributed by atoms with E-state index in [9.17, 15) is 14.7 Å². The lowest BCUT2D eigenvalue weighted by molar-refractivity contribution is -0.157. The Bertz CT molecular complexity index is 431. The van der Waals surface area contributed by atoms with Crippen molar-refractivity contribution in [3.8, 4) is 0 Å². The first kappa shape index (κ1) is 26.9. The number of carbonyl (C=O) groups excluding carboxylic acids is 2. The third-order valence-electron chi connectivity index (χ3n) is 5.22. The molecule has 0 saturated carbocycles. The molecule has 0 aromatic rings. The van der Waals surface area contributed by atoms with Gasteiger partial charge in [-0.05, 0) is 33.1 Å². The maximum absolute atomic E-state index is 12.8. The second-order valence-electron chi connectivity index (χ2n) is 9.08. The number of rotatable bonds is 15. The first-order chi connectivity index (χ1) is 13.1. The Morgan fingerprint density at radius 2 is 1.57 bits per heavy atom. The van der Waals surface area contributed by atoms with Gasteiger partial charge in [0.05, 0.1) is 19.1 Å². The number of esters is 1. The molecule has 0 radical (unpaired) electrons. The Kier molecular flexibility index (Phi) is 14.3. The van der Waals surface area contributed by atoms with E-state index in [0.29, 0.717) is 6.42 Å². The number of aliphatic hydroxyl groups excluding tert-OH is 1. The fourth-order valence-electron chi connectivity index (χ4n) is 3.21. The van der Waals surface area contributed by atoms with Crippen LogP contribution in [0, 0.1) is 11.8 Å². The van der Waals surface area contributed by atoms with Crippen molar-refractivity contribution in [2.75, 3.05) is 6.61 Å². The molecule has 2 N–H and O–H groups in total. The Morgan fingerprint density at radius 3 is 2.07 bits per heavy atom. The van der Waals surface area contributed by atoms with Crippen molar-refractivity contribution in [3.05, 3.63) is 0 Å². The van der Waals surface area contributed by atoms with Gasteiger partial charge in [-0.15, -0.1) is 0 Å². The van der Waals surface area contributed by atoms with Crippen molar-refractivity contribution in [2.45, 2.75) is 117 Å². The van der Waals surface area contributed by atoms with Gasteiger partial charge >= 0.3 is 5.97 Å². The number of nitrogens with one attached hydrogen (secondary N) is 1. The summed E-state index contributed by atoms with van der Waals surface area (Å²) in [5.41, 5.74) is -0.554. The summed E-state index contributed by atoms with van der Waals surface area (Å²) in [6.07, 6.45) is 9.85. The van der Waals surface area contributed by atoms with E-state index in [-0.39, 0.29) is 36.9 Å². The molecule has 0 spiro atoms. The first-order valence-electron chi connectivity index (χ1n) is 11.3. The average Bonchev–Trinajstić information content (AvgIpc) is 2.61. The van der Waals surface area contributed by atoms with Gasteiger partial charge in [0.15, 0.2) is 0 Å². The normalized spacial score (nSPS) is 15.0. The lowest BCUT2D eigenvalue weighted by atomic mass is 9.94. The zero-order valence-electron chi connectivity index (χ0n) is 19.2. The van der Waals surface area contributed by atoms with Crippen molar-refractivity contribution >= 4 is 11.9 Å². The molecule has 0 aromatic carbocycles. The predicted molar refractivity (Wildman–Crippen MR) is 115 cm³/mol. The summed E-state index contributed by atoms with van der Waals surface area (Å²) in [6, 6.07) is -0.271. The first-order valence-corrected chi connectivity index (χ1v) is 11.3. The third kappa shape index (κ3) is 13.1. The topological polar surface area (TPSA) is 75.6 Å². The van der Waals surface area contributed by atoms with Crippen LogP contribution >= 0.6 is 0 Å². The molecule has 0 heterocycles. The van der Waals surface area contributed by atoms with Crippen LogP contribution in [-0.4, -0.2) is 35.2 Å². The van der Waals surface area contributed by atoms with E-state index in [4.69, 9.17) is 4.74 Å². The average molecular weight is 400 g/mol. The minimum Gasteiger partial charge on any atom is -0.460 e. The van der Waals surface area contributed by atoms with Gasteiger partial charge in [-0.25, -0.2) is 0 Å². The molecular formula is C23H45NO4. The van der Waals surface area contributed by atoms with Crippen molar-refractivity contribution < 1.29 is 19.4 Å². The van der Waals surface area contributed by atoms with E-state index in [1.165, 1.54) is 32.1 Å². The smallest absolute Gasteiger partial charge is 0.307 e. The molecule has 0 aliphatic carbocycles. The summed E-state index contributed by atoms with van der Waals surface area (Å²) in [5, 5.41) is 12.6. The summed E-state index contributed by atoms with van der Waals surface area (Å²) in [6.45, 7) is 11.7. The highest BCUT2D eigenvalue weighted by Crippen LogP contribution is 2.20. The van der Waals surface area contributed by atoms with Crippen LogP contribution < -0.4 is 5.32 Å². The van der Waals surface area contributed by atoms with Crippen molar-refractivity contribution in [1.82, 2.24) is 5.32 Å². The fraction of sp³-hybridized carbons (Fsp3) is 0.913. The molecule has 166 valence electrons. The highest BCUT2D eigenvalue weighted by Gasteiger charge is 2.27. The standard InChI is InChI=1S/C23H45NO4/c1-7-9-10-11-12-13-14-15-19(16-21(26)28-23(4,5)6)22(27)24-20(17-25)18(3)8-2/h18-20,25H,7-17H2,1-6H3,(H,24,27)/t18-,19+,20+/m0/s1. The number of ether oxygens (including phenoxy) is 1. The molecular weight excluding hydrogens is 354 g/mol. The summed E-state index contributed by atoms with van der Waals surface area (Å²) in [7, 11) is 0. The molecule has 5 heteroatoms. The maximum atomic E-state index is 12.8. The number of hydrogen-bond acceptors (Lipinski definition) is 4. The molecule has 0 fully saturated rings. The Labute approximate surface area is 173 Å². The van der Waals surface area contributed by atoms with Crippen LogP contribution in [0.25, 0.3) is 0 Å². The van der Waals surface area contributed by atoms with Crippen LogP contribution in [0.1, 0.15) is 106 Å². The molecule has 3 atom stereocenters. The Hall–Kier alpha value is -1.10. The Balaban J connectivity index is 4.73. The third-order valence-corrected chi connectivity index (χ3v) is 5.22. The number of hydrogen-bond donors (Lipinski definition) is 2. The van der Waals surface area contributed by atoms with E-state index in [0.717, 1.165) is 19.3 Å². The molecule has 0 aromatic heterocycles. The van der Waals surface area contributed by atoms with Crippen LogP contribution in [0.5, 0.6) is 0 Å². The SMILES string of the molecule is CCCCCCCCC[C@H](CC(=O)OC(C)(C)C)C(=O)N[C@H](CO)[C@@H](C)CC. The van der Waals surface area contributed by atoms with Crippen LogP contribution in [-0.2, 0) is 14.3 Å². The maximum Gasteiger partial charge on any atom is 0.307 e. The number of carbonyl (C=O) groups is 2. The fourth-order valence-corrected chi connectivity index (χ4v) is 3.21. The van der Waals surface area contributed by atoms with Crippen molar-refractivity contribution in [2.24, 2.45) is 11.8 Å². The molecule has 0 rings (SSSR count). The monoisotopic (exact) mass is 399 g/mol. The molecule has 0 bridgehead atoms. The highest BCUT2D eigenvalue weighted by atomic mass is 16.6. The second-order valence-corrected chi connectivity index (χ2v) is 9.08. The van der Waals surface area contributed by atoms with Crippen LogP contribution in [0.3, 0.4) is 0 Å². The van der Waals surface area contributed by atoms with Gasteiger partial charge in [0.1, 0.15) is 5.60 Å². The van der Waals surface area contributed by atoms with E-state index in [1.54, 1.807) is 0 Å². The summed E-state index contributed by atoms with van der Waals surface area (Å²) >= 11 is 0. The predicted octanol–water partition coefficient (Wildman–Crippen LogP) is 5.00. The molecule has 1 amide bonds.